The molecule has 0 aliphatic carbocycles. The molecule has 0 bridgehead atoms. The van der Waals surface area contributed by atoms with Gasteiger partial charge < -0.3 is 0 Å². The van der Waals surface area contributed by atoms with E-state index < -0.39 is 0 Å². The lowest BCUT2D eigenvalue weighted by atomic mass is 10.4. The summed E-state index contributed by atoms with van der Waals surface area (Å²) in [5.74, 6) is 0. The molecule has 0 amide bonds. The summed E-state index contributed by atoms with van der Waals surface area (Å²) in [6.07, 6.45) is 5.17. The van der Waals surface area contributed by atoms with Crippen LogP contribution in [0.15, 0.2) is 30.3 Å². The fraction of sp³-hybridized carbons (Fsp3) is 0. The van der Waals surface area contributed by atoms with Crippen LogP contribution in [0, 0.1) is 12.0 Å². The molecule has 1 aromatic rings. The number of hydrogen-bond donors (Lipinski definition) is 0. The Bertz CT molecular complexity index is 208. The molecule has 0 heterocycles. The lowest BCUT2D eigenvalue weighted by Crippen LogP contribution is -2.10. The number of terminal acetylenes is 1. The molecule has 0 fully saturated rings. The van der Waals surface area contributed by atoms with Crippen LogP contribution in [0.5, 0.6) is 0 Å². The zero-order valence-corrected chi connectivity index (χ0v) is 6.59. The second kappa shape index (κ2) is 3.11. The van der Waals surface area contributed by atoms with Crippen LogP contribution in [0.1, 0.15) is 0 Å². The van der Waals surface area contributed by atoms with Crippen molar-refractivity contribution in [3.63, 3.8) is 0 Å². The molecule has 0 aliphatic heterocycles. The summed E-state index contributed by atoms with van der Waals surface area (Å²) in [5, 5.41) is 1.35. The predicted molar refractivity (Wildman–Crippen MR) is 43.5 cm³/mol. The predicted octanol–water partition coefficient (Wildman–Crippen LogP) is 0.0714. The van der Waals surface area contributed by atoms with Gasteiger partial charge in [-0.15, -0.1) is 12.0 Å². The molecule has 1 aromatic carbocycles. The Balaban J connectivity index is 2.76. The second-order valence-electron chi connectivity index (χ2n) is 1.87. The van der Waals surface area contributed by atoms with Crippen LogP contribution in [0.3, 0.4) is 0 Å². The summed E-state index contributed by atoms with van der Waals surface area (Å²) in [5.41, 5.74) is 2.72. The normalized spacial score (nSPS) is 9.67. The van der Waals surface area contributed by atoms with Gasteiger partial charge in [0, 0.05) is 0 Å². The van der Waals surface area contributed by atoms with E-state index in [1.807, 2.05) is 18.2 Å². The summed E-state index contributed by atoms with van der Waals surface area (Å²) in [6.45, 7) is 0. The maximum atomic E-state index is 5.17. The van der Waals surface area contributed by atoms with Gasteiger partial charge in [0.1, 0.15) is 9.52 Å². The first-order valence-corrected chi connectivity index (χ1v) is 4.32. The summed E-state index contributed by atoms with van der Waals surface area (Å²) in [6, 6.07) is 10.2. The molecule has 0 aromatic heterocycles. The first-order valence-electron chi connectivity index (χ1n) is 2.91. The molecule has 0 spiro atoms. The summed E-state index contributed by atoms with van der Waals surface area (Å²) in [4.78, 5) is 0. The van der Waals surface area contributed by atoms with Crippen molar-refractivity contribution in [3.05, 3.63) is 30.3 Å². The lowest BCUT2D eigenvalue weighted by molar-refractivity contribution is 1.77. The van der Waals surface area contributed by atoms with Gasteiger partial charge in [0.2, 0.25) is 0 Å². The zero-order chi connectivity index (χ0) is 6.53. The first kappa shape index (κ1) is 6.12. The van der Waals surface area contributed by atoms with E-state index in [2.05, 4.69) is 17.7 Å². The second-order valence-corrected chi connectivity index (χ2v) is 3.44. The van der Waals surface area contributed by atoms with Crippen molar-refractivity contribution in [2.45, 2.75) is 0 Å². The number of hydrogen-bond acceptors (Lipinski definition) is 0. The molecule has 0 radical (unpaired) electrons. The van der Waals surface area contributed by atoms with Crippen molar-refractivity contribution in [1.29, 1.82) is 0 Å². The Hall–Kier alpha value is -1.00. The van der Waals surface area contributed by atoms with Crippen molar-refractivity contribution < 1.29 is 0 Å². The van der Waals surface area contributed by atoms with Crippen LogP contribution >= 0.6 is 0 Å². The molecule has 0 nitrogen and oxygen atoms in total. The van der Waals surface area contributed by atoms with Crippen LogP contribution < -0.4 is 5.19 Å². The molecule has 44 valence electrons. The summed E-state index contributed by atoms with van der Waals surface area (Å²) in [7, 11) is -0.373. The van der Waals surface area contributed by atoms with Gasteiger partial charge in [-0.05, 0) is 0 Å². The molecule has 9 heavy (non-hydrogen) atoms. The van der Waals surface area contributed by atoms with Crippen molar-refractivity contribution in [2.24, 2.45) is 0 Å². The van der Waals surface area contributed by atoms with Crippen LogP contribution in [0.25, 0.3) is 0 Å². The van der Waals surface area contributed by atoms with E-state index in [4.69, 9.17) is 6.42 Å². The standard InChI is InChI=1S/C8H8Si/c1-2-9-8-6-4-3-5-7-8/h1,3-7H,9H2. The topological polar surface area (TPSA) is 0 Å². The summed E-state index contributed by atoms with van der Waals surface area (Å²) >= 11 is 0. The minimum Gasteiger partial charge on any atom is -0.137 e. The molecule has 0 unspecified atom stereocenters. The first-order chi connectivity index (χ1) is 4.43. The molecule has 1 rings (SSSR count). The van der Waals surface area contributed by atoms with E-state index >= 15 is 0 Å². The highest BCUT2D eigenvalue weighted by Crippen LogP contribution is 1.79. The fourth-order valence-electron chi connectivity index (χ4n) is 0.714. The zero-order valence-electron chi connectivity index (χ0n) is 5.17. The van der Waals surface area contributed by atoms with Crippen molar-refractivity contribution in [2.75, 3.05) is 0 Å². The van der Waals surface area contributed by atoms with Crippen molar-refractivity contribution in [1.82, 2.24) is 0 Å². The number of benzene rings is 1. The van der Waals surface area contributed by atoms with Gasteiger partial charge in [0.05, 0.1) is 0 Å². The van der Waals surface area contributed by atoms with Crippen molar-refractivity contribution >= 4 is 14.7 Å². The quantitative estimate of drug-likeness (QED) is 0.375. The van der Waals surface area contributed by atoms with Crippen LogP contribution in [-0.4, -0.2) is 9.52 Å². The highest BCUT2D eigenvalue weighted by atomic mass is 28.2. The Labute approximate surface area is 57.7 Å². The molecule has 0 saturated carbocycles. The van der Waals surface area contributed by atoms with Crippen LogP contribution in [0.2, 0.25) is 0 Å². The molecule has 0 N–H and O–H groups in total. The molecule has 1 heteroatoms. The van der Waals surface area contributed by atoms with E-state index in [1.54, 1.807) is 0 Å². The Kier molecular flexibility index (Phi) is 2.11. The van der Waals surface area contributed by atoms with E-state index in [0.29, 0.717) is 0 Å². The SMILES string of the molecule is C#C[SiH2]c1ccccc1. The average molecular weight is 132 g/mol. The Morgan fingerprint density at radius 3 is 2.44 bits per heavy atom. The largest absolute Gasteiger partial charge is 0.137 e. The monoisotopic (exact) mass is 132 g/mol. The minimum absolute atomic E-state index is 0.373. The van der Waals surface area contributed by atoms with Gasteiger partial charge in [-0.2, -0.15) is 0 Å². The van der Waals surface area contributed by atoms with E-state index in [0.717, 1.165) is 0 Å². The van der Waals surface area contributed by atoms with E-state index in [-0.39, 0.29) is 9.52 Å². The van der Waals surface area contributed by atoms with Gasteiger partial charge in [-0.1, -0.05) is 35.5 Å². The van der Waals surface area contributed by atoms with E-state index in [1.165, 1.54) is 5.19 Å². The third-order valence-electron chi connectivity index (χ3n) is 1.15. The average Bonchev–Trinajstić information content (AvgIpc) is 1.91. The lowest BCUT2D eigenvalue weighted by Gasteiger charge is -1.88. The smallest absolute Gasteiger partial charge is 0.137 e. The van der Waals surface area contributed by atoms with Gasteiger partial charge in [-0.25, -0.2) is 0 Å². The third kappa shape index (κ3) is 1.75. The van der Waals surface area contributed by atoms with Crippen molar-refractivity contribution in [3.8, 4) is 12.0 Å². The molecule has 0 aliphatic rings. The van der Waals surface area contributed by atoms with Crippen LogP contribution in [0.4, 0.5) is 0 Å². The number of rotatable bonds is 1. The summed E-state index contributed by atoms with van der Waals surface area (Å²) < 4.78 is 0. The molecule has 0 atom stereocenters. The minimum atomic E-state index is -0.373. The Morgan fingerprint density at radius 1 is 1.22 bits per heavy atom. The maximum absolute atomic E-state index is 5.17. The van der Waals surface area contributed by atoms with Gasteiger partial charge >= 0.3 is 0 Å². The molecular formula is C8H8Si. The van der Waals surface area contributed by atoms with Gasteiger partial charge in [0.15, 0.2) is 0 Å². The molecular weight excluding hydrogens is 124 g/mol. The van der Waals surface area contributed by atoms with Gasteiger partial charge in [-0.3, -0.25) is 0 Å². The maximum Gasteiger partial charge on any atom is 0.137 e. The highest BCUT2D eigenvalue weighted by molar-refractivity contribution is 6.61. The van der Waals surface area contributed by atoms with Gasteiger partial charge in [0.25, 0.3) is 0 Å². The molecule has 0 saturated heterocycles. The highest BCUT2D eigenvalue weighted by Gasteiger charge is 1.83. The van der Waals surface area contributed by atoms with Crippen LogP contribution in [-0.2, 0) is 0 Å². The fourth-order valence-corrected chi connectivity index (χ4v) is 1.46. The third-order valence-corrected chi connectivity index (χ3v) is 2.23. The Morgan fingerprint density at radius 2 is 1.89 bits per heavy atom. The van der Waals surface area contributed by atoms with E-state index in [9.17, 15) is 0 Å².